The average molecular weight is 259 g/mol. The Morgan fingerprint density at radius 3 is 2.32 bits per heavy atom. The van der Waals surface area contributed by atoms with Gasteiger partial charge in [0.05, 0.1) is 0 Å². The van der Waals surface area contributed by atoms with Gasteiger partial charge in [0, 0.05) is 12.6 Å². The molecule has 0 bridgehead atoms. The monoisotopic (exact) mass is 259 g/mol. The second kappa shape index (κ2) is 7.69. The van der Waals surface area contributed by atoms with Gasteiger partial charge in [-0.2, -0.15) is 0 Å². The molecule has 1 aliphatic carbocycles. The minimum atomic E-state index is 0.748. The second-order valence-corrected chi connectivity index (χ2v) is 6.01. The molecule has 2 rings (SSSR count). The minimum absolute atomic E-state index is 0.748. The van der Waals surface area contributed by atoms with Crippen LogP contribution in [0, 0.1) is 5.92 Å². The zero-order chi connectivity index (χ0) is 13.5. The fraction of sp³-hybridized carbons (Fsp3) is 0.667. The smallest absolute Gasteiger partial charge is 0.0210 e. The van der Waals surface area contributed by atoms with Gasteiger partial charge in [0.2, 0.25) is 0 Å². The fourth-order valence-electron chi connectivity index (χ4n) is 3.39. The van der Waals surface area contributed by atoms with Crippen LogP contribution < -0.4 is 5.32 Å². The van der Waals surface area contributed by atoms with E-state index in [1.807, 2.05) is 0 Å². The lowest BCUT2D eigenvalue weighted by atomic mass is 9.83. The summed E-state index contributed by atoms with van der Waals surface area (Å²) in [5.74, 6) is 1.01. The van der Waals surface area contributed by atoms with E-state index >= 15 is 0 Å². The topological polar surface area (TPSA) is 12.0 Å². The summed E-state index contributed by atoms with van der Waals surface area (Å²) in [6.07, 6.45) is 9.54. The van der Waals surface area contributed by atoms with Crippen molar-refractivity contribution < 1.29 is 0 Å². The van der Waals surface area contributed by atoms with Gasteiger partial charge in [-0.15, -0.1) is 0 Å². The van der Waals surface area contributed by atoms with Crippen molar-refractivity contribution in [2.45, 2.75) is 71.4 Å². The molecule has 1 N–H and O–H groups in total. The SMILES string of the molecule is CCCC1CCC(NCc2ccccc2CC)CC1. The lowest BCUT2D eigenvalue weighted by molar-refractivity contribution is 0.277. The first-order valence-corrected chi connectivity index (χ1v) is 8.13. The summed E-state index contributed by atoms with van der Waals surface area (Å²) in [5.41, 5.74) is 2.98. The summed E-state index contributed by atoms with van der Waals surface area (Å²) in [5, 5.41) is 3.78. The van der Waals surface area contributed by atoms with Gasteiger partial charge < -0.3 is 5.32 Å². The highest BCUT2D eigenvalue weighted by atomic mass is 14.9. The Balaban J connectivity index is 1.77. The van der Waals surface area contributed by atoms with Gasteiger partial charge >= 0.3 is 0 Å². The third-order valence-corrected chi connectivity index (χ3v) is 4.62. The van der Waals surface area contributed by atoms with E-state index in [4.69, 9.17) is 0 Å². The van der Waals surface area contributed by atoms with Crippen LogP contribution in [0.1, 0.15) is 63.5 Å². The van der Waals surface area contributed by atoms with E-state index in [0.29, 0.717) is 0 Å². The third kappa shape index (κ3) is 4.35. The molecule has 106 valence electrons. The average Bonchev–Trinajstić information content (AvgIpc) is 2.47. The standard InChI is InChI=1S/C18H29N/c1-3-7-15-10-12-18(13-11-15)19-14-17-9-6-5-8-16(17)4-2/h5-6,8-9,15,18-19H,3-4,7,10-14H2,1-2H3. The van der Waals surface area contributed by atoms with Crippen molar-refractivity contribution in [1.29, 1.82) is 0 Å². The Bertz CT molecular complexity index is 364. The first-order valence-electron chi connectivity index (χ1n) is 8.13. The third-order valence-electron chi connectivity index (χ3n) is 4.62. The molecule has 1 saturated carbocycles. The summed E-state index contributed by atoms with van der Waals surface area (Å²) in [6, 6.07) is 9.59. The quantitative estimate of drug-likeness (QED) is 0.781. The predicted octanol–water partition coefficient (Wildman–Crippen LogP) is 4.70. The molecule has 0 amide bonds. The normalized spacial score (nSPS) is 23.5. The zero-order valence-corrected chi connectivity index (χ0v) is 12.6. The van der Waals surface area contributed by atoms with Gasteiger partial charge in [0.1, 0.15) is 0 Å². The molecule has 1 heteroatoms. The molecule has 0 radical (unpaired) electrons. The lowest BCUT2D eigenvalue weighted by Gasteiger charge is -2.29. The molecule has 0 unspecified atom stereocenters. The van der Waals surface area contributed by atoms with Gasteiger partial charge in [0.15, 0.2) is 0 Å². The molecule has 1 nitrogen and oxygen atoms in total. The Hall–Kier alpha value is -0.820. The first-order chi connectivity index (χ1) is 9.33. The summed E-state index contributed by atoms with van der Waals surface area (Å²) in [7, 11) is 0. The predicted molar refractivity (Wildman–Crippen MR) is 83.3 cm³/mol. The molecule has 1 aliphatic rings. The van der Waals surface area contributed by atoms with E-state index in [1.165, 1.54) is 49.7 Å². The van der Waals surface area contributed by atoms with Gasteiger partial charge in [0.25, 0.3) is 0 Å². The van der Waals surface area contributed by atoms with Crippen LogP contribution in [-0.4, -0.2) is 6.04 Å². The summed E-state index contributed by atoms with van der Waals surface area (Å²) in [4.78, 5) is 0. The Labute approximate surface area is 118 Å². The van der Waals surface area contributed by atoms with Crippen LogP contribution in [0.4, 0.5) is 0 Å². The Morgan fingerprint density at radius 2 is 1.68 bits per heavy atom. The molecule has 1 aromatic carbocycles. The van der Waals surface area contributed by atoms with Crippen LogP contribution in [0.15, 0.2) is 24.3 Å². The molecule has 1 fully saturated rings. The maximum Gasteiger partial charge on any atom is 0.0210 e. The van der Waals surface area contributed by atoms with Crippen LogP contribution in [-0.2, 0) is 13.0 Å². The van der Waals surface area contributed by atoms with E-state index in [2.05, 4.69) is 43.4 Å². The first kappa shape index (κ1) is 14.6. The molecule has 0 heterocycles. The number of benzene rings is 1. The van der Waals surface area contributed by atoms with Crippen molar-refractivity contribution in [2.24, 2.45) is 5.92 Å². The number of aryl methyl sites for hydroxylation is 1. The van der Waals surface area contributed by atoms with Crippen LogP contribution >= 0.6 is 0 Å². The molecular formula is C18H29N. The van der Waals surface area contributed by atoms with Crippen LogP contribution in [0.3, 0.4) is 0 Å². The highest BCUT2D eigenvalue weighted by Gasteiger charge is 2.20. The number of nitrogens with one attached hydrogen (secondary N) is 1. The van der Waals surface area contributed by atoms with Crippen LogP contribution in [0.25, 0.3) is 0 Å². The molecule has 0 aliphatic heterocycles. The Morgan fingerprint density at radius 1 is 1.00 bits per heavy atom. The van der Waals surface area contributed by atoms with E-state index in [0.717, 1.165) is 24.9 Å². The number of hydrogen-bond acceptors (Lipinski definition) is 1. The van der Waals surface area contributed by atoms with E-state index in [1.54, 1.807) is 0 Å². The summed E-state index contributed by atoms with van der Waals surface area (Å²) >= 11 is 0. The maximum absolute atomic E-state index is 3.78. The van der Waals surface area contributed by atoms with Crippen molar-refractivity contribution in [3.8, 4) is 0 Å². The lowest BCUT2D eigenvalue weighted by Crippen LogP contribution is -2.33. The minimum Gasteiger partial charge on any atom is -0.310 e. The number of rotatable bonds is 6. The van der Waals surface area contributed by atoms with Crippen molar-refractivity contribution in [3.63, 3.8) is 0 Å². The molecular weight excluding hydrogens is 230 g/mol. The largest absolute Gasteiger partial charge is 0.310 e. The fourth-order valence-corrected chi connectivity index (χ4v) is 3.39. The zero-order valence-electron chi connectivity index (χ0n) is 12.6. The van der Waals surface area contributed by atoms with Gasteiger partial charge in [-0.1, -0.05) is 51.0 Å². The molecule has 0 atom stereocenters. The van der Waals surface area contributed by atoms with Crippen molar-refractivity contribution in [3.05, 3.63) is 35.4 Å². The molecule has 19 heavy (non-hydrogen) atoms. The van der Waals surface area contributed by atoms with E-state index in [-0.39, 0.29) is 0 Å². The number of hydrogen-bond donors (Lipinski definition) is 1. The van der Waals surface area contributed by atoms with E-state index < -0.39 is 0 Å². The molecule has 0 spiro atoms. The van der Waals surface area contributed by atoms with Crippen LogP contribution in [0.5, 0.6) is 0 Å². The molecule has 0 saturated heterocycles. The molecule has 1 aromatic rings. The highest BCUT2D eigenvalue weighted by Crippen LogP contribution is 2.27. The second-order valence-electron chi connectivity index (χ2n) is 6.01. The maximum atomic E-state index is 3.78. The van der Waals surface area contributed by atoms with Gasteiger partial charge in [-0.3, -0.25) is 0 Å². The van der Waals surface area contributed by atoms with Crippen molar-refractivity contribution >= 4 is 0 Å². The van der Waals surface area contributed by atoms with E-state index in [9.17, 15) is 0 Å². The molecule has 0 aromatic heterocycles. The highest BCUT2D eigenvalue weighted by molar-refractivity contribution is 5.26. The summed E-state index contributed by atoms with van der Waals surface area (Å²) < 4.78 is 0. The van der Waals surface area contributed by atoms with Gasteiger partial charge in [-0.05, 0) is 49.1 Å². The van der Waals surface area contributed by atoms with Crippen LogP contribution in [0.2, 0.25) is 0 Å². The van der Waals surface area contributed by atoms with Gasteiger partial charge in [-0.25, -0.2) is 0 Å². The summed E-state index contributed by atoms with van der Waals surface area (Å²) in [6.45, 7) is 5.61. The Kier molecular flexibility index (Phi) is 5.91. The van der Waals surface area contributed by atoms with Crippen molar-refractivity contribution in [2.75, 3.05) is 0 Å². The van der Waals surface area contributed by atoms with Crippen molar-refractivity contribution in [1.82, 2.24) is 5.32 Å².